The van der Waals surface area contributed by atoms with Gasteiger partial charge in [-0.1, -0.05) is 12.1 Å². The molecule has 0 aliphatic carbocycles. The Morgan fingerprint density at radius 3 is 2.78 bits per heavy atom. The van der Waals surface area contributed by atoms with E-state index in [1.54, 1.807) is 36.1 Å². The van der Waals surface area contributed by atoms with Gasteiger partial charge in [0.2, 0.25) is 0 Å². The van der Waals surface area contributed by atoms with Gasteiger partial charge in [0.15, 0.2) is 0 Å². The first kappa shape index (κ1) is 17.2. The highest BCUT2D eigenvalue weighted by atomic mass is 16.5. The van der Waals surface area contributed by atoms with Crippen LogP contribution in [0, 0.1) is 0 Å². The summed E-state index contributed by atoms with van der Waals surface area (Å²) < 4.78 is 10.1. The van der Waals surface area contributed by atoms with E-state index in [0.29, 0.717) is 32.1 Å². The van der Waals surface area contributed by atoms with E-state index in [0.717, 1.165) is 5.56 Å². The number of carbonyl (C=O) groups excluding carboxylic acids is 2. The van der Waals surface area contributed by atoms with Gasteiger partial charge in [-0.2, -0.15) is 0 Å². The predicted octanol–water partition coefficient (Wildman–Crippen LogP) is 1.02. The van der Waals surface area contributed by atoms with Crippen LogP contribution in [0.3, 0.4) is 0 Å². The molecule has 126 valence electrons. The first-order valence-electron chi connectivity index (χ1n) is 7.64. The molecule has 2 amide bonds. The second-order valence-electron chi connectivity index (χ2n) is 5.21. The summed E-state index contributed by atoms with van der Waals surface area (Å²) in [5.41, 5.74) is 1.45. The van der Waals surface area contributed by atoms with Gasteiger partial charge in [0.05, 0.1) is 38.9 Å². The Morgan fingerprint density at radius 1 is 1.39 bits per heavy atom. The molecule has 1 aliphatic rings. The second-order valence-corrected chi connectivity index (χ2v) is 5.21. The van der Waals surface area contributed by atoms with Crippen molar-refractivity contribution in [1.82, 2.24) is 4.90 Å². The van der Waals surface area contributed by atoms with Crippen molar-refractivity contribution in [3.63, 3.8) is 0 Å². The van der Waals surface area contributed by atoms with Crippen molar-refractivity contribution in [2.75, 3.05) is 38.3 Å². The van der Waals surface area contributed by atoms with Gasteiger partial charge in [0.25, 0.3) is 0 Å². The third kappa shape index (κ3) is 4.94. The zero-order chi connectivity index (χ0) is 16.7. The van der Waals surface area contributed by atoms with Gasteiger partial charge < -0.3 is 24.8 Å². The van der Waals surface area contributed by atoms with Crippen LogP contribution >= 0.6 is 0 Å². The number of ether oxygens (including phenoxy) is 2. The average molecular weight is 322 g/mol. The third-order valence-corrected chi connectivity index (χ3v) is 3.56. The van der Waals surface area contributed by atoms with Crippen LogP contribution in [-0.2, 0) is 20.7 Å². The van der Waals surface area contributed by atoms with Gasteiger partial charge in [0.1, 0.15) is 0 Å². The molecular formula is C16H22N2O5. The molecule has 1 heterocycles. The first-order chi connectivity index (χ1) is 11.1. The van der Waals surface area contributed by atoms with Crippen LogP contribution in [0.4, 0.5) is 10.5 Å². The maximum absolute atomic E-state index is 12.3. The minimum Gasteiger partial charge on any atom is -0.466 e. The highest BCUT2D eigenvalue weighted by Gasteiger charge is 2.26. The number of urea groups is 1. The number of aliphatic hydroxyl groups is 1. The number of rotatable bonds is 5. The smallest absolute Gasteiger partial charge is 0.322 e. The zero-order valence-corrected chi connectivity index (χ0v) is 13.2. The van der Waals surface area contributed by atoms with E-state index in [1.165, 1.54) is 0 Å². The normalized spacial score (nSPS) is 17.7. The molecule has 1 aromatic carbocycles. The fourth-order valence-electron chi connectivity index (χ4n) is 2.35. The van der Waals surface area contributed by atoms with Crippen molar-refractivity contribution in [3.8, 4) is 0 Å². The van der Waals surface area contributed by atoms with E-state index in [-0.39, 0.29) is 31.1 Å². The van der Waals surface area contributed by atoms with E-state index in [2.05, 4.69) is 5.32 Å². The third-order valence-electron chi connectivity index (χ3n) is 3.56. The monoisotopic (exact) mass is 322 g/mol. The van der Waals surface area contributed by atoms with Crippen LogP contribution in [0.1, 0.15) is 12.5 Å². The Labute approximate surface area is 135 Å². The molecule has 0 bridgehead atoms. The van der Waals surface area contributed by atoms with E-state index in [4.69, 9.17) is 9.47 Å². The van der Waals surface area contributed by atoms with Gasteiger partial charge >= 0.3 is 12.0 Å². The molecule has 0 saturated carbocycles. The highest BCUT2D eigenvalue weighted by Crippen LogP contribution is 2.14. The SMILES string of the molecule is CCOC(=O)Cc1ccc(NC(=O)N2CCOC[C@@H]2CO)cc1. The van der Waals surface area contributed by atoms with Gasteiger partial charge in [0, 0.05) is 12.2 Å². The highest BCUT2D eigenvalue weighted by molar-refractivity contribution is 5.89. The number of morpholine rings is 1. The summed E-state index contributed by atoms with van der Waals surface area (Å²) in [7, 11) is 0. The summed E-state index contributed by atoms with van der Waals surface area (Å²) in [4.78, 5) is 25.2. The Balaban J connectivity index is 1.92. The first-order valence-corrected chi connectivity index (χ1v) is 7.64. The van der Waals surface area contributed by atoms with Crippen molar-refractivity contribution in [2.24, 2.45) is 0 Å². The number of benzene rings is 1. The van der Waals surface area contributed by atoms with Gasteiger partial charge in [-0.05, 0) is 24.6 Å². The number of hydrogen-bond acceptors (Lipinski definition) is 5. The van der Waals surface area contributed by atoms with E-state index >= 15 is 0 Å². The maximum atomic E-state index is 12.3. The summed E-state index contributed by atoms with van der Waals surface area (Å²) in [6.45, 7) is 3.23. The molecule has 1 aliphatic heterocycles. The largest absolute Gasteiger partial charge is 0.466 e. The lowest BCUT2D eigenvalue weighted by Gasteiger charge is -2.34. The Kier molecular flexibility index (Phi) is 6.37. The van der Waals surface area contributed by atoms with E-state index in [1.807, 2.05) is 0 Å². The molecule has 7 nitrogen and oxygen atoms in total. The van der Waals surface area contributed by atoms with Crippen molar-refractivity contribution in [2.45, 2.75) is 19.4 Å². The predicted molar refractivity (Wildman–Crippen MR) is 84.2 cm³/mol. The number of anilines is 1. The number of nitrogens with one attached hydrogen (secondary N) is 1. The quantitative estimate of drug-likeness (QED) is 0.790. The number of hydrogen-bond donors (Lipinski definition) is 2. The number of amides is 2. The molecule has 2 N–H and O–H groups in total. The Hall–Kier alpha value is -2.12. The van der Waals surface area contributed by atoms with Crippen LogP contribution in [0.2, 0.25) is 0 Å². The summed E-state index contributed by atoms with van der Waals surface area (Å²) in [5.74, 6) is -0.275. The van der Waals surface area contributed by atoms with Crippen LogP contribution in [0.15, 0.2) is 24.3 Å². The van der Waals surface area contributed by atoms with Crippen molar-refractivity contribution in [3.05, 3.63) is 29.8 Å². The van der Waals surface area contributed by atoms with Crippen molar-refractivity contribution >= 4 is 17.7 Å². The molecule has 0 radical (unpaired) electrons. The molecule has 2 rings (SSSR count). The lowest BCUT2D eigenvalue weighted by molar-refractivity contribution is -0.142. The number of aliphatic hydroxyl groups excluding tert-OH is 1. The lowest BCUT2D eigenvalue weighted by Crippen LogP contribution is -2.52. The molecular weight excluding hydrogens is 300 g/mol. The Bertz CT molecular complexity index is 532. The summed E-state index contributed by atoms with van der Waals surface area (Å²) >= 11 is 0. The molecule has 1 aromatic rings. The Morgan fingerprint density at radius 2 is 2.13 bits per heavy atom. The fourth-order valence-corrected chi connectivity index (χ4v) is 2.35. The summed E-state index contributed by atoms with van der Waals surface area (Å²) in [6, 6.07) is 6.42. The number of esters is 1. The van der Waals surface area contributed by atoms with Crippen LogP contribution in [0.25, 0.3) is 0 Å². The van der Waals surface area contributed by atoms with Crippen molar-refractivity contribution < 1.29 is 24.2 Å². The van der Waals surface area contributed by atoms with E-state index in [9.17, 15) is 14.7 Å². The average Bonchev–Trinajstić information content (AvgIpc) is 2.56. The number of carbonyl (C=O) groups is 2. The topological polar surface area (TPSA) is 88.1 Å². The van der Waals surface area contributed by atoms with Crippen LogP contribution in [-0.4, -0.2) is 61.0 Å². The summed E-state index contributed by atoms with van der Waals surface area (Å²) in [5, 5.41) is 12.1. The number of nitrogens with zero attached hydrogens (tertiary/aromatic N) is 1. The van der Waals surface area contributed by atoms with Gasteiger partial charge in [-0.25, -0.2) is 4.79 Å². The van der Waals surface area contributed by atoms with Crippen molar-refractivity contribution in [1.29, 1.82) is 0 Å². The molecule has 1 saturated heterocycles. The molecule has 7 heteroatoms. The van der Waals surface area contributed by atoms with E-state index < -0.39 is 0 Å². The zero-order valence-electron chi connectivity index (χ0n) is 13.2. The standard InChI is InChI=1S/C16H22N2O5/c1-2-23-15(20)9-12-3-5-13(6-4-12)17-16(21)18-7-8-22-11-14(18)10-19/h3-6,14,19H,2,7-11H2,1H3,(H,17,21)/t14-/m0/s1. The van der Waals surface area contributed by atoms with Crippen LogP contribution in [0.5, 0.6) is 0 Å². The molecule has 0 spiro atoms. The lowest BCUT2D eigenvalue weighted by atomic mass is 10.1. The molecule has 1 fully saturated rings. The molecule has 0 unspecified atom stereocenters. The fraction of sp³-hybridized carbons (Fsp3) is 0.500. The van der Waals surface area contributed by atoms with Gasteiger partial charge in [-0.15, -0.1) is 0 Å². The molecule has 1 atom stereocenters. The van der Waals surface area contributed by atoms with Gasteiger partial charge in [-0.3, -0.25) is 4.79 Å². The van der Waals surface area contributed by atoms with Crippen LogP contribution < -0.4 is 5.32 Å². The second kappa shape index (κ2) is 8.50. The minimum absolute atomic E-state index is 0.133. The molecule has 0 aromatic heterocycles. The minimum atomic E-state index is -0.327. The maximum Gasteiger partial charge on any atom is 0.322 e. The molecule has 23 heavy (non-hydrogen) atoms. The summed E-state index contributed by atoms with van der Waals surface area (Å²) in [6.07, 6.45) is 0.206.